The van der Waals surface area contributed by atoms with E-state index in [0.29, 0.717) is 24.6 Å². The van der Waals surface area contributed by atoms with Crippen LogP contribution in [0, 0.1) is 13.8 Å². The third-order valence-electron chi connectivity index (χ3n) is 5.57. The lowest BCUT2D eigenvalue weighted by Crippen LogP contribution is -2.30. The van der Waals surface area contributed by atoms with Crippen LogP contribution in [-0.2, 0) is 11.2 Å². The van der Waals surface area contributed by atoms with Crippen molar-refractivity contribution in [2.24, 2.45) is 0 Å². The van der Waals surface area contributed by atoms with Gasteiger partial charge in [-0.3, -0.25) is 4.79 Å². The number of hydrogen-bond donors (Lipinski definition) is 0. The lowest BCUT2D eigenvalue weighted by Gasteiger charge is -2.25. The highest BCUT2D eigenvalue weighted by atomic mass is 16.5. The molecule has 0 radical (unpaired) electrons. The Morgan fingerprint density at radius 2 is 1.90 bits per heavy atom. The summed E-state index contributed by atoms with van der Waals surface area (Å²) < 4.78 is 10.5. The number of likely N-dealkylation sites (tertiary alicyclic amines) is 1. The Labute approximate surface area is 176 Å². The van der Waals surface area contributed by atoms with E-state index in [1.54, 1.807) is 7.11 Å². The number of amides is 1. The molecule has 0 bridgehead atoms. The summed E-state index contributed by atoms with van der Waals surface area (Å²) in [7, 11) is 1.63. The molecule has 0 N–H and O–H groups in total. The number of carbonyl (C=O) groups is 1. The van der Waals surface area contributed by atoms with Crippen molar-refractivity contribution >= 4 is 5.91 Å². The summed E-state index contributed by atoms with van der Waals surface area (Å²) in [6, 6.07) is 14.2. The summed E-state index contributed by atoms with van der Waals surface area (Å²) in [6.07, 6.45) is 2.85. The molecule has 0 aliphatic carbocycles. The zero-order valence-electron chi connectivity index (χ0n) is 17.7. The topological polar surface area (TPSA) is 68.5 Å². The molecule has 2 aromatic carbocycles. The van der Waals surface area contributed by atoms with E-state index in [1.165, 1.54) is 16.7 Å². The SMILES string of the molecule is COc1ccc(-c2noc(CCC(=O)N3CCCC3c3cc(C)cc(C)c3)n2)cc1. The Balaban J connectivity index is 1.40. The van der Waals surface area contributed by atoms with Crippen molar-refractivity contribution < 1.29 is 14.1 Å². The van der Waals surface area contributed by atoms with Crippen LogP contribution < -0.4 is 4.74 Å². The molecule has 2 heterocycles. The van der Waals surface area contributed by atoms with E-state index in [2.05, 4.69) is 42.2 Å². The molecule has 4 rings (SSSR count). The number of methoxy groups -OCH3 is 1. The number of hydrogen-bond acceptors (Lipinski definition) is 5. The third kappa shape index (κ3) is 4.37. The molecule has 1 saturated heterocycles. The molecule has 1 fully saturated rings. The second kappa shape index (κ2) is 8.69. The van der Waals surface area contributed by atoms with Crippen molar-refractivity contribution in [1.29, 1.82) is 0 Å². The molecule has 6 nitrogen and oxygen atoms in total. The molecule has 1 aliphatic rings. The Kier molecular flexibility index (Phi) is 5.84. The van der Waals surface area contributed by atoms with Gasteiger partial charge in [-0.2, -0.15) is 4.98 Å². The maximum atomic E-state index is 12.9. The van der Waals surface area contributed by atoms with Crippen LogP contribution in [0.15, 0.2) is 47.0 Å². The van der Waals surface area contributed by atoms with Gasteiger partial charge in [0.15, 0.2) is 0 Å². The second-order valence-corrected chi connectivity index (χ2v) is 7.91. The molecule has 1 aromatic heterocycles. The number of benzene rings is 2. The van der Waals surface area contributed by atoms with Crippen molar-refractivity contribution in [1.82, 2.24) is 15.0 Å². The fraction of sp³-hybridized carbons (Fsp3) is 0.375. The first-order chi connectivity index (χ1) is 14.5. The molecule has 0 spiro atoms. The molecule has 30 heavy (non-hydrogen) atoms. The molecule has 3 aromatic rings. The van der Waals surface area contributed by atoms with Crippen LogP contribution in [0.3, 0.4) is 0 Å². The van der Waals surface area contributed by atoms with Crippen molar-refractivity contribution in [3.8, 4) is 17.1 Å². The summed E-state index contributed by atoms with van der Waals surface area (Å²) in [6.45, 7) is 5.01. The van der Waals surface area contributed by atoms with E-state index in [1.807, 2.05) is 29.2 Å². The first-order valence-corrected chi connectivity index (χ1v) is 10.4. The average Bonchev–Trinajstić information content (AvgIpc) is 3.41. The number of nitrogens with zero attached hydrogens (tertiary/aromatic N) is 3. The first-order valence-electron chi connectivity index (χ1n) is 10.4. The van der Waals surface area contributed by atoms with Gasteiger partial charge in [-0.1, -0.05) is 34.5 Å². The van der Waals surface area contributed by atoms with Crippen LogP contribution in [0.25, 0.3) is 11.4 Å². The summed E-state index contributed by atoms with van der Waals surface area (Å²) in [5, 5.41) is 4.05. The molecule has 156 valence electrons. The quantitative estimate of drug-likeness (QED) is 0.597. The number of aromatic nitrogens is 2. The van der Waals surface area contributed by atoms with Gasteiger partial charge in [-0.25, -0.2) is 0 Å². The van der Waals surface area contributed by atoms with Gasteiger partial charge in [0, 0.05) is 24.9 Å². The lowest BCUT2D eigenvalue weighted by atomic mass is 9.99. The number of ether oxygens (including phenoxy) is 1. The Hall–Kier alpha value is -3.15. The number of carbonyl (C=O) groups excluding carboxylic acids is 1. The molecule has 1 unspecified atom stereocenters. The Morgan fingerprint density at radius 3 is 2.60 bits per heavy atom. The summed E-state index contributed by atoms with van der Waals surface area (Å²) >= 11 is 0. The van der Waals surface area contributed by atoms with Gasteiger partial charge in [0.25, 0.3) is 0 Å². The fourth-order valence-corrected chi connectivity index (χ4v) is 4.19. The van der Waals surface area contributed by atoms with Gasteiger partial charge in [0.2, 0.25) is 17.6 Å². The van der Waals surface area contributed by atoms with E-state index >= 15 is 0 Å². The Morgan fingerprint density at radius 1 is 1.17 bits per heavy atom. The summed E-state index contributed by atoms with van der Waals surface area (Å²) in [5.74, 6) is 1.92. The standard InChI is InChI=1S/C24H27N3O3/c1-16-13-17(2)15-19(14-16)21-5-4-12-27(21)23(28)11-10-22-25-24(26-30-22)18-6-8-20(29-3)9-7-18/h6-9,13-15,21H,4-5,10-12H2,1-3H3. The molecular weight excluding hydrogens is 378 g/mol. The van der Waals surface area contributed by atoms with Crippen molar-refractivity contribution in [2.75, 3.05) is 13.7 Å². The number of aryl methyl sites for hydroxylation is 3. The van der Waals surface area contributed by atoms with Crippen LogP contribution in [0.1, 0.15) is 47.9 Å². The molecule has 0 saturated carbocycles. The van der Waals surface area contributed by atoms with Crippen molar-refractivity contribution in [2.45, 2.75) is 45.6 Å². The zero-order chi connectivity index (χ0) is 21.1. The first kappa shape index (κ1) is 20.1. The van der Waals surface area contributed by atoms with Crippen LogP contribution in [-0.4, -0.2) is 34.6 Å². The highest BCUT2D eigenvalue weighted by Gasteiger charge is 2.30. The number of rotatable bonds is 6. The van der Waals surface area contributed by atoms with Crippen LogP contribution in [0.4, 0.5) is 0 Å². The maximum Gasteiger partial charge on any atom is 0.227 e. The summed E-state index contributed by atoms with van der Waals surface area (Å²) in [4.78, 5) is 19.4. The highest BCUT2D eigenvalue weighted by Crippen LogP contribution is 2.33. The normalized spacial score (nSPS) is 16.1. The predicted octanol–water partition coefficient (Wildman–Crippen LogP) is 4.66. The highest BCUT2D eigenvalue weighted by molar-refractivity contribution is 5.77. The van der Waals surface area contributed by atoms with E-state index < -0.39 is 0 Å². The monoisotopic (exact) mass is 405 g/mol. The lowest BCUT2D eigenvalue weighted by molar-refractivity contribution is -0.132. The molecule has 1 amide bonds. The van der Waals surface area contributed by atoms with Crippen LogP contribution >= 0.6 is 0 Å². The summed E-state index contributed by atoms with van der Waals surface area (Å²) in [5.41, 5.74) is 4.56. The van der Waals surface area contributed by atoms with E-state index in [9.17, 15) is 4.79 Å². The van der Waals surface area contributed by atoms with Gasteiger partial charge < -0.3 is 14.2 Å². The van der Waals surface area contributed by atoms with Crippen LogP contribution in [0.5, 0.6) is 5.75 Å². The molecule has 6 heteroatoms. The smallest absolute Gasteiger partial charge is 0.227 e. The molecule has 1 aliphatic heterocycles. The minimum absolute atomic E-state index is 0.140. The maximum absolute atomic E-state index is 12.9. The predicted molar refractivity (Wildman–Crippen MR) is 114 cm³/mol. The van der Waals surface area contributed by atoms with Gasteiger partial charge >= 0.3 is 0 Å². The fourth-order valence-electron chi connectivity index (χ4n) is 4.19. The van der Waals surface area contributed by atoms with Gasteiger partial charge in [0.1, 0.15) is 5.75 Å². The van der Waals surface area contributed by atoms with Crippen molar-refractivity contribution in [3.63, 3.8) is 0 Å². The van der Waals surface area contributed by atoms with E-state index in [0.717, 1.165) is 30.7 Å². The molecular formula is C24H27N3O3. The minimum Gasteiger partial charge on any atom is -0.497 e. The van der Waals surface area contributed by atoms with Gasteiger partial charge in [0.05, 0.1) is 13.2 Å². The minimum atomic E-state index is 0.140. The van der Waals surface area contributed by atoms with Gasteiger partial charge in [-0.15, -0.1) is 0 Å². The molecule has 1 atom stereocenters. The van der Waals surface area contributed by atoms with Crippen molar-refractivity contribution in [3.05, 3.63) is 65.0 Å². The third-order valence-corrected chi connectivity index (χ3v) is 5.57. The average molecular weight is 405 g/mol. The second-order valence-electron chi connectivity index (χ2n) is 7.91. The van der Waals surface area contributed by atoms with Crippen LogP contribution in [0.2, 0.25) is 0 Å². The van der Waals surface area contributed by atoms with E-state index in [-0.39, 0.29) is 11.9 Å². The Bertz CT molecular complexity index is 1010. The zero-order valence-corrected chi connectivity index (χ0v) is 17.7. The van der Waals surface area contributed by atoms with E-state index in [4.69, 9.17) is 9.26 Å². The van der Waals surface area contributed by atoms with Gasteiger partial charge in [-0.05, 0) is 56.5 Å². The largest absolute Gasteiger partial charge is 0.497 e.